The van der Waals surface area contributed by atoms with E-state index in [9.17, 15) is 9.18 Å². The van der Waals surface area contributed by atoms with Gasteiger partial charge in [-0.05, 0) is 24.1 Å². The number of hydrogen-bond donors (Lipinski definition) is 2. The molecule has 0 spiro atoms. The van der Waals surface area contributed by atoms with Crippen molar-refractivity contribution in [3.8, 4) is 11.8 Å². The number of aliphatic hydroxyl groups excluding tert-OH is 1. The Morgan fingerprint density at radius 3 is 2.90 bits per heavy atom. The molecule has 0 fully saturated rings. The molecular formula is C15H18FNO3. The fourth-order valence-electron chi connectivity index (χ4n) is 1.60. The predicted molar refractivity (Wildman–Crippen MR) is 73.7 cm³/mol. The quantitative estimate of drug-likeness (QED) is 0.796. The molecule has 0 bridgehead atoms. The Morgan fingerprint density at radius 2 is 2.30 bits per heavy atom. The van der Waals surface area contributed by atoms with Gasteiger partial charge in [0.15, 0.2) is 0 Å². The van der Waals surface area contributed by atoms with E-state index in [-0.39, 0.29) is 29.6 Å². The van der Waals surface area contributed by atoms with Gasteiger partial charge >= 0.3 is 0 Å². The van der Waals surface area contributed by atoms with Gasteiger partial charge in [0.05, 0.1) is 12.2 Å². The molecule has 0 aliphatic rings. The molecule has 0 radical (unpaired) electrons. The van der Waals surface area contributed by atoms with E-state index in [0.29, 0.717) is 13.2 Å². The van der Waals surface area contributed by atoms with Crippen LogP contribution < -0.4 is 5.32 Å². The van der Waals surface area contributed by atoms with E-state index in [1.807, 2.05) is 6.92 Å². The lowest BCUT2D eigenvalue weighted by Crippen LogP contribution is -2.29. The standard InChI is InChI=1S/C15H18FNO3/c1-11(10-20-2)9-17-15(19)13-6-5-12(4-3-7-18)14(16)8-13/h5-6,8,11,18H,7,9-10H2,1-2H3,(H,17,19). The fraction of sp³-hybridized carbons (Fsp3) is 0.400. The molecule has 1 rings (SSSR count). The lowest BCUT2D eigenvalue weighted by Gasteiger charge is -2.11. The molecule has 20 heavy (non-hydrogen) atoms. The van der Waals surface area contributed by atoms with Crippen LogP contribution in [0.2, 0.25) is 0 Å². The average Bonchev–Trinajstić information content (AvgIpc) is 2.43. The van der Waals surface area contributed by atoms with E-state index in [2.05, 4.69) is 17.2 Å². The van der Waals surface area contributed by atoms with Crippen LogP contribution in [-0.4, -0.2) is 37.9 Å². The predicted octanol–water partition coefficient (Wildman–Crippen LogP) is 1.18. The number of benzene rings is 1. The molecule has 108 valence electrons. The summed E-state index contributed by atoms with van der Waals surface area (Å²) in [6.45, 7) is 2.61. The molecule has 4 nitrogen and oxygen atoms in total. The Morgan fingerprint density at radius 1 is 1.55 bits per heavy atom. The van der Waals surface area contributed by atoms with Crippen molar-refractivity contribution in [1.82, 2.24) is 5.32 Å². The van der Waals surface area contributed by atoms with E-state index in [4.69, 9.17) is 9.84 Å². The summed E-state index contributed by atoms with van der Waals surface area (Å²) in [5.74, 6) is 4.10. The van der Waals surface area contributed by atoms with Crippen LogP contribution in [0.4, 0.5) is 4.39 Å². The Balaban J connectivity index is 2.68. The molecule has 1 atom stereocenters. The summed E-state index contributed by atoms with van der Waals surface area (Å²) < 4.78 is 18.6. The first-order valence-electron chi connectivity index (χ1n) is 6.25. The molecule has 1 amide bonds. The zero-order chi connectivity index (χ0) is 15.0. The average molecular weight is 279 g/mol. The number of methoxy groups -OCH3 is 1. The number of aliphatic hydroxyl groups is 1. The van der Waals surface area contributed by atoms with Crippen LogP contribution in [0.1, 0.15) is 22.8 Å². The van der Waals surface area contributed by atoms with Crippen LogP contribution in [0, 0.1) is 23.6 Å². The van der Waals surface area contributed by atoms with Crippen molar-refractivity contribution in [2.24, 2.45) is 5.92 Å². The molecule has 0 saturated carbocycles. The third-order valence-electron chi connectivity index (χ3n) is 2.60. The van der Waals surface area contributed by atoms with Crippen LogP contribution in [0.5, 0.6) is 0 Å². The lowest BCUT2D eigenvalue weighted by molar-refractivity contribution is 0.0933. The summed E-state index contributed by atoms with van der Waals surface area (Å²) in [6.07, 6.45) is 0. The fourth-order valence-corrected chi connectivity index (χ4v) is 1.60. The summed E-state index contributed by atoms with van der Waals surface area (Å²) >= 11 is 0. The number of rotatable bonds is 5. The van der Waals surface area contributed by atoms with Gasteiger partial charge in [-0.25, -0.2) is 4.39 Å². The van der Waals surface area contributed by atoms with Gasteiger partial charge in [-0.3, -0.25) is 4.79 Å². The monoisotopic (exact) mass is 279 g/mol. The first-order chi connectivity index (χ1) is 9.58. The van der Waals surface area contributed by atoms with Gasteiger partial charge in [0.2, 0.25) is 0 Å². The summed E-state index contributed by atoms with van der Waals surface area (Å²) in [7, 11) is 1.60. The molecule has 0 aromatic heterocycles. The number of carbonyl (C=O) groups is 1. The number of amides is 1. The molecule has 0 aliphatic carbocycles. The van der Waals surface area contributed by atoms with Crippen LogP contribution in [-0.2, 0) is 4.74 Å². The number of nitrogens with one attached hydrogen (secondary N) is 1. The highest BCUT2D eigenvalue weighted by molar-refractivity contribution is 5.94. The summed E-state index contributed by atoms with van der Waals surface area (Å²) in [5.41, 5.74) is 0.394. The minimum absolute atomic E-state index is 0.156. The van der Waals surface area contributed by atoms with Gasteiger partial charge in [0, 0.05) is 19.2 Å². The smallest absolute Gasteiger partial charge is 0.251 e. The lowest BCUT2D eigenvalue weighted by atomic mass is 10.1. The largest absolute Gasteiger partial charge is 0.384 e. The summed E-state index contributed by atoms with van der Waals surface area (Å²) in [5, 5.41) is 11.3. The van der Waals surface area contributed by atoms with Crippen molar-refractivity contribution in [2.45, 2.75) is 6.92 Å². The molecule has 0 aliphatic heterocycles. The highest BCUT2D eigenvalue weighted by atomic mass is 19.1. The van der Waals surface area contributed by atoms with Gasteiger partial charge in [-0.2, -0.15) is 0 Å². The minimum atomic E-state index is -0.580. The number of halogens is 1. The SMILES string of the molecule is COCC(C)CNC(=O)c1ccc(C#CCO)c(F)c1. The Hall–Kier alpha value is -1.90. The maximum Gasteiger partial charge on any atom is 0.251 e. The molecule has 1 aromatic rings. The maximum absolute atomic E-state index is 13.7. The van der Waals surface area contributed by atoms with Crippen molar-refractivity contribution >= 4 is 5.91 Å². The van der Waals surface area contributed by atoms with Crippen LogP contribution in [0.25, 0.3) is 0 Å². The highest BCUT2D eigenvalue weighted by Crippen LogP contribution is 2.09. The normalized spacial score (nSPS) is 11.4. The second-order valence-electron chi connectivity index (χ2n) is 4.43. The third kappa shape index (κ3) is 5.00. The van der Waals surface area contributed by atoms with Gasteiger partial charge in [0.25, 0.3) is 5.91 Å². The molecule has 0 heterocycles. The molecule has 2 N–H and O–H groups in total. The van der Waals surface area contributed by atoms with Gasteiger partial charge < -0.3 is 15.2 Å². The number of ether oxygens (including phenoxy) is 1. The summed E-state index contributed by atoms with van der Waals surface area (Å²) in [6, 6.07) is 4.06. The van der Waals surface area contributed by atoms with E-state index in [1.54, 1.807) is 7.11 Å². The van der Waals surface area contributed by atoms with Crippen LogP contribution in [0.3, 0.4) is 0 Å². The molecular weight excluding hydrogens is 261 g/mol. The van der Waals surface area contributed by atoms with Crippen LogP contribution in [0.15, 0.2) is 18.2 Å². The molecule has 0 saturated heterocycles. The maximum atomic E-state index is 13.7. The first kappa shape index (κ1) is 16.2. The van der Waals surface area contributed by atoms with Crippen molar-refractivity contribution < 1.29 is 19.0 Å². The Labute approximate surface area is 117 Å². The molecule has 1 unspecified atom stereocenters. The zero-order valence-corrected chi connectivity index (χ0v) is 11.6. The topological polar surface area (TPSA) is 58.6 Å². The Kier molecular flexibility index (Phi) is 6.71. The van der Waals surface area contributed by atoms with Crippen molar-refractivity contribution in [3.63, 3.8) is 0 Å². The van der Waals surface area contributed by atoms with Crippen molar-refractivity contribution in [3.05, 3.63) is 35.1 Å². The van der Waals surface area contributed by atoms with Crippen LogP contribution >= 0.6 is 0 Å². The minimum Gasteiger partial charge on any atom is -0.384 e. The molecule has 1 aromatic carbocycles. The van der Waals surface area contributed by atoms with E-state index >= 15 is 0 Å². The van der Waals surface area contributed by atoms with E-state index < -0.39 is 5.82 Å². The molecule has 5 heteroatoms. The second-order valence-corrected chi connectivity index (χ2v) is 4.43. The third-order valence-corrected chi connectivity index (χ3v) is 2.60. The van der Waals surface area contributed by atoms with Crippen molar-refractivity contribution in [2.75, 3.05) is 26.9 Å². The Bertz CT molecular complexity index is 520. The highest BCUT2D eigenvalue weighted by Gasteiger charge is 2.10. The number of carbonyl (C=O) groups excluding carboxylic acids is 1. The van der Waals surface area contributed by atoms with Gasteiger partial charge in [-0.15, -0.1) is 0 Å². The van der Waals surface area contributed by atoms with Gasteiger partial charge in [0.1, 0.15) is 12.4 Å². The first-order valence-corrected chi connectivity index (χ1v) is 6.25. The zero-order valence-electron chi connectivity index (χ0n) is 11.6. The summed E-state index contributed by atoms with van der Waals surface area (Å²) in [4.78, 5) is 11.8. The van der Waals surface area contributed by atoms with Gasteiger partial charge in [-0.1, -0.05) is 18.8 Å². The number of hydrogen-bond acceptors (Lipinski definition) is 3. The van der Waals surface area contributed by atoms with E-state index in [1.165, 1.54) is 12.1 Å². The van der Waals surface area contributed by atoms with E-state index in [0.717, 1.165) is 6.07 Å². The van der Waals surface area contributed by atoms with Crippen molar-refractivity contribution in [1.29, 1.82) is 0 Å². The second kappa shape index (κ2) is 8.31.